The molecule has 1 heterocycles. The van der Waals surface area contributed by atoms with Gasteiger partial charge in [0.05, 0.1) is 12.6 Å². The predicted molar refractivity (Wildman–Crippen MR) is 208 cm³/mol. The van der Waals surface area contributed by atoms with Crippen LogP contribution in [0.25, 0.3) is 11.1 Å². The number of fused-ring (bicyclic) bond motifs is 5. The molecule has 3 aromatic carbocycles. The fraction of sp³-hybridized carbons (Fsp3) is 0.405. The number of hydrogen-bond donors (Lipinski definition) is 6. The molecular weight excluding hydrogens is 736 g/mol. The van der Waals surface area contributed by atoms with E-state index in [-0.39, 0.29) is 59.8 Å². The van der Waals surface area contributed by atoms with Gasteiger partial charge in [0, 0.05) is 63.2 Å². The number of hydrogen-bond acceptors (Lipinski definition) is 10. The standard InChI is InChI=1S/C42H50N4O11/c1-5-37(52)45(3)32(23-47)41(55)43-30(14-11-25-9-7-6-8-10-25)35(50)17-18-38(53)46(4)39-27-13-16-34(49)29(22-27)28-20-26(12-15-33(28)48)21-31(42(56)57)44-40(54)24(2)19-36(39)51/h6-10,12-13,15-16,20,22,24,30-32,39,47-49H,5,11,14,17-19,21,23H2,1-4H3,(H,43,55)(H,44,54)(H,56,57)/t24-,30-,31+,32-,39+/m1/s1. The number of aliphatic carboxylic acids is 1. The number of benzene rings is 3. The van der Waals surface area contributed by atoms with Crippen molar-refractivity contribution in [2.24, 2.45) is 5.92 Å². The Balaban J connectivity index is 1.63. The van der Waals surface area contributed by atoms with E-state index in [1.54, 1.807) is 6.92 Å². The molecule has 304 valence electrons. The van der Waals surface area contributed by atoms with Gasteiger partial charge in [-0.1, -0.05) is 56.3 Å². The van der Waals surface area contributed by atoms with Crippen molar-refractivity contribution in [3.63, 3.8) is 0 Å². The number of nitrogens with zero attached hydrogens (tertiary/aromatic N) is 2. The van der Waals surface area contributed by atoms with Crippen molar-refractivity contribution in [3.8, 4) is 22.6 Å². The van der Waals surface area contributed by atoms with Gasteiger partial charge < -0.3 is 40.9 Å². The second-order valence-corrected chi connectivity index (χ2v) is 14.3. The molecule has 5 atom stereocenters. The van der Waals surface area contributed by atoms with E-state index >= 15 is 0 Å². The van der Waals surface area contributed by atoms with Crippen LogP contribution >= 0.6 is 0 Å². The third kappa shape index (κ3) is 11.0. The Morgan fingerprint density at radius 1 is 0.877 bits per heavy atom. The fourth-order valence-corrected chi connectivity index (χ4v) is 6.81. The van der Waals surface area contributed by atoms with Gasteiger partial charge in [0.15, 0.2) is 11.6 Å². The maximum atomic E-state index is 14.1. The average Bonchev–Trinajstić information content (AvgIpc) is 3.19. The van der Waals surface area contributed by atoms with Gasteiger partial charge in [-0.3, -0.25) is 28.8 Å². The number of amides is 4. The number of carboxylic acid groups (broad SMARTS) is 1. The largest absolute Gasteiger partial charge is 0.507 e. The van der Waals surface area contributed by atoms with Gasteiger partial charge in [-0.05, 0) is 53.8 Å². The number of aryl methyl sites for hydroxylation is 1. The molecular formula is C42H50N4O11. The lowest BCUT2D eigenvalue weighted by Crippen LogP contribution is -2.53. The number of phenols is 2. The van der Waals surface area contributed by atoms with E-state index in [1.165, 1.54) is 57.4 Å². The van der Waals surface area contributed by atoms with E-state index in [9.17, 15) is 54.0 Å². The van der Waals surface area contributed by atoms with Crippen molar-refractivity contribution in [2.45, 2.75) is 83.0 Å². The van der Waals surface area contributed by atoms with Crippen molar-refractivity contribution >= 4 is 41.2 Å². The minimum atomic E-state index is -1.37. The number of phenolic OH excluding ortho intramolecular Hbond substituents is 2. The van der Waals surface area contributed by atoms with E-state index < -0.39 is 84.8 Å². The third-order valence-corrected chi connectivity index (χ3v) is 10.3. The highest BCUT2D eigenvalue weighted by Gasteiger charge is 2.34. The summed E-state index contributed by atoms with van der Waals surface area (Å²) < 4.78 is 0. The molecule has 0 fully saturated rings. The number of carboxylic acids is 1. The number of Topliss-reactive ketones (excluding diaryl/α,β-unsaturated/α-hetero) is 2. The molecule has 1 aliphatic rings. The maximum absolute atomic E-state index is 14.1. The van der Waals surface area contributed by atoms with Gasteiger partial charge in [-0.15, -0.1) is 0 Å². The molecule has 15 heteroatoms. The monoisotopic (exact) mass is 786 g/mol. The fourth-order valence-electron chi connectivity index (χ4n) is 6.81. The summed E-state index contributed by atoms with van der Waals surface area (Å²) in [6.07, 6.45) is -0.670. The second kappa shape index (κ2) is 19.7. The Labute approximate surface area is 330 Å². The SMILES string of the molecule is CCC(=O)N(C)[C@H](CO)C(=O)N[C@H](CCc1ccccc1)C(=O)CCC(=O)N(C)[C@@H]1C(=O)C[C@@H](C)C(=O)N[C@H](C(=O)O)Cc2ccc(O)c(c2)-c2cc1ccc2O. The Bertz CT molecular complexity index is 1990. The number of carbonyl (C=O) groups is 7. The maximum Gasteiger partial charge on any atom is 0.326 e. The van der Waals surface area contributed by atoms with E-state index in [1.807, 2.05) is 30.3 Å². The van der Waals surface area contributed by atoms with E-state index in [0.29, 0.717) is 12.0 Å². The molecule has 57 heavy (non-hydrogen) atoms. The van der Waals surface area contributed by atoms with Crippen LogP contribution in [0.5, 0.6) is 11.5 Å². The van der Waals surface area contributed by atoms with Gasteiger partial charge >= 0.3 is 5.97 Å². The first kappa shape index (κ1) is 43.6. The van der Waals surface area contributed by atoms with Gasteiger partial charge in [0.2, 0.25) is 23.6 Å². The first-order valence-corrected chi connectivity index (χ1v) is 18.8. The number of aliphatic hydroxyl groups is 1. The van der Waals surface area contributed by atoms with E-state index in [0.717, 1.165) is 15.4 Å². The smallest absolute Gasteiger partial charge is 0.326 e. The second-order valence-electron chi connectivity index (χ2n) is 14.3. The van der Waals surface area contributed by atoms with Crippen LogP contribution in [0.4, 0.5) is 0 Å². The minimum absolute atomic E-state index is 0.0915. The zero-order chi connectivity index (χ0) is 42.0. The molecule has 0 unspecified atom stereocenters. The number of ketones is 2. The molecule has 0 saturated heterocycles. The molecule has 0 saturated carbocycles. The molecule has 0 spiro atoms. The van der Waals surface area contributed by atoms with Crippen molar-refractivity contribution < 1.29 is 54.0 Å². The van der Waals surface area contributed by atoms with E-state index in [2.05, 4.69) is 10.6 Å². The van der Waals surface area contributed by atoms with Crippen molar-refractivity contribution in [1.82, 2.24) is 20.4 Å². The molecule has 15 nitrogen and oxygen atoms in total. The summed E-state index contributed by atoms with van der Waals surface area (Å²) in [5.41, 5.74) is 1.78. The zero-order valence-corrected chi connectivity index (χ0v) is 32.4. The molecule has 4 amide bonds. The summed E-state index contributed by atoms with van der Waals surface area (Å²) in [6.45, 7) is 2.38. The molecule has 3 aromatic rings. The molecule has 0 radical (unpaired) electrons. The van der Waals surface area contributed by atoms with Crippen LogP contribution in [-0.2, 0) is 46.4 Å². The highest BCUT2D eigenvalue weighted by atomic mass is 16.4. The molecule has 1 aliphatic heterocycles. The van der Waals surface area contributed by atoms with Crippen molar-refractivity contribution in [2.75, 3.05) is 20.7 Å². The quantitative estimate of drug-likeness (QED) is 0.139. The lowest BCUT2D eigenvalue weighted by molar-refractivity contribution is -0.143. The first-order chi connectivity index (χ1) is 27.1. The Morgan fingerprint density at radius 3 is 2.16 bits per heavy atom. The molecule has 4 rings (SSSR count). The first-order valence-electron chi connectivity index (χ1n) is 18.8. The van der Waals surface area contributed by atoms with Crippen molar-refractivity contribution in [1.29, 1.82) is 0 Å². The number of carbonyl (C=O) groups excluding carboxylic acids is 6. The van der Waals surface area contributed by atoms with E-state index in [4.69, 9.17) is 0 Å². The Hall–Kier alpha value is -6.09. The number of nitrogens with one attached hydrogen (secondary N) is 2. The summed E-state index contributed by atoms with van der Waals surface area (Å²) >= 11 is 0. The van der Waals surface area contributed by atoms with Crippen LogP contribution < -0.4 is 10.6 Å². The van der Waals surface area contributed by atoms with Crippen LogP contribution in [0, 0.1) is 5.92 Å². The van der Waals surface area contributed by atoms with Crippen molar-refractivity contribution in [3.05, 3.63) is 83.4 Å². The highest BCUT2D eigenvalue weighted by Crippen LogP contribution is 2.39. The topological polar surface area (TPSA) is 231 Å². The summed E-state index contributed by atoms with van der Waals surface area (Å²) in [5.74, 6) is -6.40. The normalized spacial score (nSPS) is 17.9. The van der Waals surface area contributed by atoms with Crippen LogP contribution in [0.15, 0.2) is 66.7 Å². The number of rotatable bonds is 14. The van der Waals surface area contributed by atoms with Crippen LogP contribution in [-0.4, -0.2) is 110 Å². The average molecular weight is 787 g/mol. The Kier molecular flexibility index (Phi) is 15.1. The summed E-state index contributed by atoms with van der Waals surface area (Å²) in [7, 11) is 2.74. The molecule has 4 bridgehead atoms. The number of likely N-dealkylation sites (N-methyl/N-ethyl adjacent to an activating group) is 2. The van der Waals surface area contributed by atoms with Gasteiger partial charge in [-0.25, -0.2) is 4.79 Å². The zero-order valence-electron chi connectivity index (χ0n) is 32.4. The van der Waals surface area contributed by atoms with Crippen LogP contribution in [0.1, 0.15) is 68.7 Å². The molecule has 6 N–H and O–H groups in total. The summed E-state index contributed by atoms with van der Waals surface area (Å²) in [6, 6.07) is 12.6. The third-order valence-electron chi connectivity index (χ3n) is 10.3. The predicted octanol–water partition coefficient (Wildman–Crippen LogP) is 2.68. The van der Waals surface area contributed by atoms with Crippen LogP contribution in [0.3, 0.4) is 0 Å². The lowest BCUT2D eigenvalue weighted by Gasteiger charge is -2.30. The summed E-state index contributed by atoms with van der Waals surface area (Å²) in [5, 5.41) is 46.7. The summed E-state index contributed by atoms with van der Waals surface area (Å²) in [4.78, 5) is 94.9. The minimum Gasteiger partial charge on any atom is -0.507 e. The molecule has 0 aromatic heterocycles. The highest BCUT2D eigenvalue weighted by molar-refractivity contribution is 5.97. The van der Waals surface area contributed by atoms with Crippen LogP contribution in [0.2, 0.25) is 0 Å². The number of aliphatic hydroxyl groups excluding tert-OH is 1. The van der Waals surface area contributed by atoms with Gasteiger partial charge in [-0.2, -0.15) is 0 Å². The lowest BCUT2D eigenvalue weighted by atomic mass is 9.89. The van der Waals surface area contributed by atoms with Gasteiger partial charge in [0.1, 0.15) is 29.6 Å². The molecule has 0 aliphatic carbocycles. The Morgan fingerprint density at radius 2 is 1.53 bits per heavy atom. The van der Waals surface area contributed by atoms with Gasteiger partial charge in [0.25, 0.3) is 0 Å². The number of aromatic hydroxyl groups is 2.